The summed E-state index contributed by atoms with van der Waals surface area (Å²) in [7, 11) is 0. The van der Waals surface area contributed by atoms with Crippen molar-refractivity contribution >= 4 is 0 Å². The molecule has 2 atom stereocenters. The summed E-state index contributed by atoms with van der Waals surface area (Å²) < 4.78 is 5.46. The van der Waals surface area contributed by atoms with Crippen LogP contribution in [0.1, 0.15) is 25.7 Å². The zero-order valence-electron chi connectivity index (χ0n) is 9.82. The number of nitrogens with zero attached hydrogens (tertiary/aromatic N) is 1. The van der Waals surface area contributed by atoms with Crippen molar-refractivity contribution < 1.29 is 9.84 Å². The third-order valence-corrected chi connectivity index (χ3v) is 4.89. The molecular weight excluding hydrogens is 204 g/mol. The van der Waals surface area contributed by atoms with E-state index in [1.807, 2.05) is 0 Å². The van der Waals surface area contributed by atoms with Crippen LogP contribution in [0.3, 0.4) is 0 Å². The van der Waals surface area contributed by atoms with Gasteiger partial charge in [0.25, 0.3) is 0 Å². The second-order valence-electron chi connectivity index (χ2n) is 5.78. The smallest absolute Gasteiger partial charge is 0.107 e. The number of aliphatic hydroxyl groups is 1. The molecule has 4 rings (SSSR count). The van der Waals surface area contributed by atoms with Crippen LogP contribution in [0.15, 0.2) is 0 Å². The summed E-state index contributed by atoms with van der Waals surface area (Å²) in [5, 5.41) is 10.8. The highest BCUT2D eigenvalue weighted by Crippen LogP contribution is 2.43. The molecule has 0 amide bonds. The van der Waals surface area contributed by atoms with Crippen LogP contribution >= 0.6 is 0 Å². The Labute approximate surface area is 96.7 Å². The molecule has 4 aliphatic heterocycles. The summed E-state index contributed by atoms with van der Waals surface area (Å²) in [6, 6.07) is 0. The molecule has 4 nitrogen and oxygen atoms in total. The van der Waals surface area contributed by atoms with Gasteiger partial charge in [-0.1, -0.05) is 0 Å². The minimum atomic E-state index is -0.797. The molecule has 4 aliphatic rings. The molecule has 4 saturated heterocycles. The van der Waals surface area contributed by atoms with E-state index in [-0.39, 0.29) is 0 Å². The van der Waals surface area contributed by atoms with Crippen LogP contribution in [0.5, 0.6) is 0 Å². The Morgan fingerprint density at radius 1 is 1.31 bits per heavy atom. The topological polar surface area (TPSA) is 58.7 Å². The first-order valence-corrected chi connectivity index (χ1v) is 6.45. The van der Waals surface area contributed by atoms with E-state index >= 15 is 0 Å². The van der Waals surface area contributed by atoms with Crippen molar-refractivity contribution in [1.82, 2.24) is 4.90 Å². The van der Waals surface area contributed by atoms with Gasteiger partial charge in [-0.2, -0.15) is 0 Å². The maximum absolute atomic E-state index is 10.8. The van der Waals surface area contributed by atoms with Gasteiger partial charge in [-0.3, -0.25) is 0 Å². The number of hydrogen-bond acceptors (Lipinski definition) is 4. The van der Waals surface area contributed by atoms with Gasteiger partial charge < -0.3 is 20.5 Å². The molecule has 2 unspecified atom stereocenters. The van der Waals surface area contributed by atoms with Crippen molar-refractivity contribution in [2.75, 3.05) is 32.8 Å². The summed E-state index contributed by atoms with van der Waals surface area (Å²) in [6.07, 6.45) is 4.01. The van der Waals surface area contributed by atoms with Gasteiger partial charge in [0.1, 0.15) is 5.60 Å². The third-order valence-electron chi connectivity index (χ3n) is 4.89. The maximum atomic E-state index is 10.8. The minimum absolute atomic E-state index is 0.424. The molecule has 4 heterocycles. The van der Waals surface area contributed by atoms with Gasteiger partial charge in [0, 0.05) is 13.2 Å². The molecule has 4 fully saturated rings. The summed E-state index contributed by atoms with van der Waals surface area (Å²) >= 11 is 0. The largest absolute Gasteiger partial charge is 0.385 e. The van der Waals surface area contributed by atoms with Crippen LogP contribution in [-0.4, -0.2) is 54.0 Å². The van der Waals surface area contributed by atoms with Gasteiger partial charge in [0.05, 0.1) is 12.1 Å². The van der Waals surface area contributed by atoms with Crippen LogP contribution in [0.2, 0.25) is 0 Å². The minimum Gasteiger partial charge on any atom is -0.385 e. The van der Waals surface area contributed by atoms with Gasteiger partial charge >= 0.3 is 0 Å². The van der Waals surface area contributed by atoms with E-state index in [1.165, 1.54) is 0 Å². The van der Waals surface area contributed by atoms with E-state index in [1.54, 1.807) is 0 Å². The second-order valence-corrected chi connectivity index (χ2v) is 5.78. The number of rotatable bonds is 1. The summed E-state index contributed by atoms with van der Waals surface area (Å²) in [4.78, 5) is 2.40. The molecule has 4 heteroatoms. The molecule has 0 spiro atoms. The lowest BCUT2D eigenvalue weighted by molar-refractivity contribution is -0.171. The molecule has 0 aromatic carbocycles. The second kappa shape index (κ2) is 3.67. The average molecular weight is 226 g/mol. The lowest BCUT2D eigenvalue weighted by atomic mass is 9.63. The summed E-state index contributed by atoms with van der Waals surface area (Å²) in [5.74, 6) is 0.476. The quantitative estimate of drug-likeness (QED) is 0.658. The fourth-order valence-corrected chi connectivity index (χ4v) is 3.78. The highest BCUT2D eigenvalue weighted by atomic mass is 16.5. The predicted octanol–water partition coefficient (Wildman–Crippen LogP) is -0.0490. The van der Waals surface area contributed by atoms with Gasteiger partial charge in [-0.05, 0) is 44.7 Å². The van der Waals surface area contributed by atoms with Crippen molar-refractivity contribution in [3.63, 3.8) is 0 Å². The van der Waals surface area contributed by atoms with Crippen molar-refractivity contribution in [2.24, 2.45) is 11.7 Å². The summed E-state index contributed by atoms with van der Waals surface area (Å²) in [5.41, 5.74) is 5.34. The molecule has 2 bridgehead atoms. The van der Waals surface area contributed by atoms with E-state index in [0.29, 0.717) is 12.5 Å². The molecule has 16 heavy (non-hydrogen) atoms. The Kier molecular flexibility index (Phi) is 2.51. The van der Waals surface area contributed by atoms with E-state index in [4.69, 9.17) is 10.5 Å². The number of piperidine rings is 3. The van der Waals surface area contributed by atoms with E-state index in [0.717, 1.165) is 51.9 Å². The van der Waals surface area contributed by atoms with E-state index in [9.17, 15) is 5.11 Å². The lowest BCUT2D eigenvalue weighted by Crippen LogP contribution is -2.76. The Balaban J connectivity index is 1.86. The van der Waals surface area contributed by atoms with Gasteiger partial charge in [0.2, 0.25) is 0 Å². The summed E-state index contributed by atoms with van der Waals surface area (Å²) in [6.45, 7) is 4.35. The molecule has 0 aliphatic carbocycles. The third kappa shape index (κ3) is 1.44. The van der Waals surface area contributed by atoms with Crippen LogP contribution in [0, 0.1) is 5.92 Å². The predicted molar refractivity (Wildman–Crippen MR) is 61.1 cm³/mol. The Morgan fingerprint density at radius 3 is 2.56 bits per heavy atom. The van der Waals surface area contributed by atoms with E-state index in [2.05, 4.69) is 4.90 Å². The van der Waals surface area contributed by atoms with Crippen molar-refractivity contribution in [2.45, 2.75) is 36.8 Å². The normalized spacial score (nSPS) is 52.9. The van der Waals surface area contributed by atoms with Crippen molar-refractivity contribution in [1.29, 1.82) is 0 Å². The van der Waals surface area contributed by atoms with Gasteiger partial charge in [-0.25, -0.2) is 0 Å². The van der Waals surface area contributed by atoms with E-state index < -0.39 is 11.1 Å². The number of fused-ring (bicyclic) bond motifs is 3. The molecule has 0 saturated carbocycles. The van der Waals surface area contributed by atoms with Crippen molar-refractivity contribution in [3.05, 3.63) is 0 Å². The number of hydrogen-bond donors (Lipinski definition) is 2. The highest BCUT2D eigenvalue weighted by Gasteiger charge is 2.56. The molecule has 3 N–H and O–H groups in total. The first-order valence-electron chi connectivity index (χ1n) is 6.45. The zero-order valence-corrected chi connectivity index (χ0v) is 9.82. The van der Waals surface area contributed by atoms with Crippen LogP contribution in [0.25, 0.3) is 0 Å². The first kappa shape index (κ1) is 11.0. The van der Waals surface area contributed by atoms with Gasteiger partial charge in [0.15, 0.2) is 0 Å². The Morgan fingerprint density at radius 2 is 2.06 bits per heavy atom. The van der Waals surface area contributed by atoms with Crippen molar-refractivity contribution in [3.8, 4) is 0 Å². The standard InChI is InChI=1S/C12H22N2O2/c13-12(11(15)4-1-7-16-9-11)8-14-5-2-10(12)3-6-14/h10,15H,1-9,13H2. The average Bonchev–Trinajstić information content (AvgIpc) is 2.31. The van der Waals surface area contributed by atoms with Crippen LogP contribution < -0.4 is 5.73 Å². The fraction of sp³-hybridized carbons (Fsp3) is 1.00. The molecular formula is C12H22N2O2. The van der Waals surface area contributed by atoms with Gasteiger partial charge in [-0.15, -0.1) is 0 Å². The number of nitrogens with two attached hydrogens (primary N) is 1. The molecule has 92 valence electrons. The lowest BCUT2D eigenvalue weighted by Gasteiger charge is -2.58. The SMILES string of the molecule is NC1(C2(O)CCCOC2)CN2CCC1CC2. The fourth-order valence-electron chi connectivity index (χ4n) is 3.78. The van der Waals surface area contributed by atoms with Crippen LogP contribution in [-0.2, 0) is 4.74 Å². The molecule has 0 aromatic heterocycles. The molecule has 0 aromatic rings. The monoisotopic (exact) mass is 226 g/mol. The van der Waals surface area contributed by atoms with Crippen LogP contribution in [0.4, 0.5) is 0 Å². The zero-order chi connectivity index (χ0) is 11.2. The maximum Gasteiger partial charge on any atom is 0.107 e. The molecule has 0 radical (unpaired) electrons. The highest BCUT2D eigenvalue weighted by molar-refractivity contribution is 5.13. The Hall–Kier alpha value is -0.160. The Bertz CT molecular complexity index is 270. The number of ether oxygens (including phenoxy) is 1. The first-order chi connectivity index (χ1) is 7.64.